The first-order valence-corrected chi connectivity index (χ1v) is 2.61. The van der Waals surface area contributed by atoms with E-state index in [1.54, 1.807) is 6.07 Å². The van der Waals surface area contributed by atoms with Crippen molar-refractivity contribution in [2.45, 2.75) is 12.6 Å². The lowest BCUT2D eigenvalue weighted by molar-refractivity contribution is -0.112. The number of hydrogen-bond acceptors (Lipinski definition) is 3. The van der Waals surface area contributed by atoms with Crippen LogP contribution < -0.4 is 10.6 Å². The minimum atomic E-state index is -0.569. The molecule has 10 heavy (non-hydrogen) atoms. The highest BCUT2D eigenvalue weighted by atomic mass is 16.1. The molecule has 0 radical (unpaired) electrons. The molecule has 0 saturated carbocycles. The molecule has 0 heterocycles. The van der Waals surface area contributed by atoms with E-state index in [1.807, 2.05) is 0 Å². The highest BCUT2D eigenvalue weighted by Gasteiger charge is 2.01. The van der Waals surface area contributed by atoms with Crippen molar-refractivity contribution in [3.8, 4) is 6.07 Å². The predicted molar refractivity (Wildman–Crippen MR) is 32.4 cm³/mol. The number of nitriles is 1. The molecule has 0 saturated heterocycles. The lowest BCUT2D eigenvalue weighted by Crippen LogP contribution is -2.40. The van der Waals surface area contributed by atoms with Crippen LogP contribution in [0.25, 0.3) is 0 Å². The van der Waals surface area contributed by atoms with Crippen molar-refractivity contribution in [2.75, 3.05) is 0 Å². The minimum Gasteiger partial charge on any atom is -0.338 e. The number of amides is 2. The molecule has 0 aliphatic rings. The second kappa shape index (κ2) is 5.56. The van der Waals surface area contributed by atoms with Gasteiger partial charge in [-0.1, -0.05) is 0 Å². The summed E-state index contributed by atoms with van der Waals surface area (Å²) in [4.78, 5) is 19.6. The van der Waals surface area contributed by atoms with Gasteiger partial charge < -0.3 is 10.6 Å². The summed E-state index contributed by atoms with van der Waals surface area (Å²) in [6.07, 6.45) is 0.356. The Kier molecular flexibility index (Phi) is 4.69. The highest BCUT2D eigenvalue weighted by Crippen LogP contribution is 1.80. The van der Waals surface area contributed by atoms with Gasteiger partial charge in [0.25, 0.3) is 0 Å². The Morgan fingerprint density at radius 1 is 1.40 bits per heavy atom. The predicted octanol–water partition coefficient (Wildman–Crippen LogP) is -1.28. The van der Waals surface area contributed by atoms with Gasteiger partial charge in [0.2, 0.25) is 12.8 Å². The molecule has 2 N–H and O–H groups in total. The molecular weight excluding hydrogens is 134 g/mol. The molecule has 0 aliphatic heterocycles. The van der Waals surface area contributed by atoms with Crippen LogP contribution in [0.5, 0.6) is 0 Å². The molecule has 0 atom stereocenters. The van der Waals surface area contributed by atoms with Crippen LogP contribution in [0.2, 0.25) is 0 Å². The molecule has 0 bridgehead atoms. The van der Waals surface area contributed by atoms with Crippen LogP contribution in [-0.4, -0.2) is 19.0 Å². The maximum atomic E-state index is 9.79. The first-order valence-electron chi connectivity index (χ1n) is 2.61. The van der Waals surface area contributed by atoms with E-state index in [1.165, 1.54) is 0 Å². The molecule has 0 aliphatic carbocycles. The number of nitrogens with one attached hydrogen (secondary N) is 2. The van der Waals surface area contributed by atoms with Crippen molar-refractivity contribution in [1.82, 2.24) is 10.6 Å². The molecule has 0 aromatic heterocycles. The van der Waals surface area contributed by atoms with Crippen molar-refractivity contribution in [3.63, 3.8) is 0 Å². The number of hydrogen-bond donors (Lipinski definition) is 2. The SMILES string of the molecule is N#CCC(NC=O)NC=O. The van der Waals surface area contributed by atoms with Gasteiger partial charge in [-0.2, -0.15) is 5.26 Å². The van der Waals surface area contributed by atoms with E-state index < -0.39 is 6.17 Å². The highest BCUT2D eigenvalue weighted by molar-refractivity contribution is 5.51. The Bertz CT molecular complexity index is 141. The molecule has 0 unspecified atom stereocenters. The van der Waals surface area contributed by atoms with Gasteiger partial charge in [-0.05, 0) is 0 Å². The van der Waals surface area contributed by atoms with E-state index >= 15 is 0 Å². The lowest BCUT2D eigenvalue weighted by Gasteiger charge is -2.09. The van der Waals surface area contributed by atoms with Gasteiger partial charge in [0.05, 0.1) is 12.5 Å². The fourth-order valence-electron chi connectivity index (χ4n) is 0.422. The maximum absolute atomic E-state index is 9.79. The van der Waals surface area contributed by atoms with Crippen LogP contribution in [0, 0.1) is 11.3 Å². The summed E-state index contributed by atoms with van der Waals surface area (Å²) in [5, 5.41) is 12.6. The third kappa shape index (κ3) is 3.43. The Hall–Kier alpha value is -1.57. The standard InChI is InChI=1S/C5H7N3O2/c6-2-1-5(7-3-9)8-4-10/h3-5H,1H2,(H,7,9)(H,8,10). The van der Waals surface area contributed by atoms with Crippen molar-refractivity contribution in [1.29, 1.82) is 5.26 Å². The third-order valence-electron chi connectivity index (χ3n) is 0.834. The first-order chi connectivity index (χ1) is 4.85. The lowest BCUT2D eigenvalue weighted by atomic mass is 10.4. The topological polar surface area (TPSA) is 82.0 Å². The van der Waals surface area contributed by atoms with E-state index in [4.69, 9.17) is 5.26 Å². The quantitative estimate of drug-likeness (QED) is 0.369. The summed E-state index contributed by atoms with van der Waals surface area (Å²) in [7, 11) is 0. The molecule has 0 rings (SSSR count). The first kappa shape index (κ1) is 8.43. The molecule has 0 aromatic carbocycles. The van der Waals surface area contributed by atoms with Gasteiger partial charge in [-0.15, -0.1) is 0 Å². The van der Waals surface area contributed by atoms with Gasteiger partial charge >= 0.3 is 0 Å². The van der Waals surface area contributed by atoms with E-state index in [0.29, 0.717) is 12.8 Å². The maximum Gasteiger partial charge on any atom is 0.208 e. The van der Waals surface area contributed by atoms with Gasteiger partial charge in [0, 0.05) is 0 Å². The summed E-state index contributed by atoms with van der Waals surface area (Å²) >= 11 is 0. The average molecular weight is 141 g/mol. The Labute approximate surface area is 58.0 Å². The molecule has 5 nitrogen and oxygen atoms in total. The van der Waals surface area contributed by atoms with Gasteiger partial charge in [-0.25, -0.2) is 0 Å². The largest absolute Gasteiger partial charge is 0.338 e. The van der Waals surface area contributed by atoms with Crippen molar-refractivity contribution < 1.29 is 9.59 Å². The normalized spacial score (nSPS) is 8.00. The number of carbonyl (C=O) groups is 2. The number of rotatable bonds is 5. The van der Waals surface area contributed by atoms with Crippen LogP contribution in [0.15, 0.2) is 0 Å². The number of nitrogens with zero attached hydrogens (tertiary/aromatic N) is 1. The molecule has 0 aromatic rings. The van der Waals surface area contributed by atoms with Gasteiger partial charge in [-0.3, -0.25) is 9.59 Å². The van der Waals surface area contributed by atoms with Crippen molar-refractivity contribution in [2.24, 2.45) is 0 Å². The fourth-order valence-corrected chi connectivity index (χ4v) is 0.422. The Morgan fingerprint density at radius 3 is 2.20 bits per heavy atom. The van der Waals surface area contributed by atoms with Gasteiger partial charge in [0.15, 0.2) is 0 Å². The molecule has 0 spiro atoms. The third-order valence-corrected chi connectivity index (χ3v) is 0.834. The fraction of sp³-hybridized carbons (Fsp3) is 0.400. The van der Waals surface area contributed by atoms with Crippen LogP contribution in [0.3, 0.4) is 0 Å². The zero-order valence-corrected chi connectivity index (χ0v) is 5.20. The average Bonchev–Trinajstić information content (AvgIpc) is 1.90. The molecular formula is C5H7N3O2. The summed E-state index contributed by atoms with van der Waals surface area (Å²) < 4.78 is 0. The van der Waals surface area contributed by atoms with Crippen molar-refractivity contribution in [3.05, 3.63) is 0 Å². The smallest absolute Gasteiger partial charge is 0.208 e. The zero-order chi connectivity index (χ0) is 7.82. The van der Waals surface area contributed by atoms with Gasteiger partial charge in [0.1, 0.15) is 6.17 Å². The van der Waals surface area contributed by atoms with Crippen molar-refractivity contribution >= 4 is 12.8 Å². The molecule has 5 heteroatoms. The Balaban J connectivity index is 3.61. The van der Waals surface area contributed by atoms with Crippen LogP contribution in [0.4, 0.5) is 0 Å². The second-order valence-corrected chi connectivity index (χ2v) is 1.48. The summed E-state index contributed by atoms with van der Waals surface area (Å²) in [5.41, 5.74) is 0. The summed E-state index contributed by atoms with van der Waals surface area (Å²) in [6, 6.07) is 1.79. The Morgan fingerprint density at radius 2 is 1.90 bits per heavy atom. The number of carbonyl (C=O) groups excluding carboxylic acids is 2. The minimum absolute atomic E-state index is 0.0669. The van der Waals surface area contributed by atoms with E-state index in [0.717, 1.165) is 0 Å². The van der Waals surface area contributed by atoms with Crippen LogP contribution in [-0.2, 0) is 9.59 Å². The van der Waals surface area contributed by atoms with E-state index in [-0.39, 0.29) is 6.42 Å². The second-order valence-electron chi connectivity index (χ2n) is 1.48. The van der Waals surface area contributed by atoms with E-state index in [2.05, 4.69) is 10.6 Å². The summed E-state index contributed by atoms with van der Waals surface area (Å²) in [6.45, 7) is 0. The van der Waals surface area contributed by atoms with Crippen LogP contribution in [0.1, 0.15) is 6.42 Å². The molecule has 0 fully saturated rings. The molecule has 2 amide bonds. The zero-order valence-electron chi connectivity index (χ0n) is 5.20. The monoisotopic (exact) mass is 141 g/mol. The van der Waals surface area contributed by atoms with Crippen LogP contribution >= 0.6 is 0 Å². The van der Waals surface area contributed by atoms with E-state index in [9.17, 15) is 9.59 Å². The summed E-state index contributed by atoms with van der Waals surface area (Å²) in [5.74, 6) is 0. The molecule has 54 valence electrons.